The number of hydrogen-bond donors (Lipinski definition) is 0. The molecule has 0 bridgehead atoms. The summed E-state index contributed by atoms with van der Waals surface area (Å²) in [4.78, 5) is 0. The van der Waals surface area contributed by atoms with Crippen LogP contribution in [0.4, 0.5) is 0 Å². The number of nitrogens with zero attached hydrogens (tertiary/aromatic N) is 3. The van der Waals surface area contributed by atoms with E-state index in [9.17, 15) is 0 Å². The van der Waals surface area contributed by atoms with Gasteiger partial charge in [-0.05, 0) is 23.8 Å². The van der Waals surface area contributed by atoms with E-state index in [4.69, 9.17) is 15.0 Å². The van der Waals surface area contributed by atoms with Crippen molar-refractivity contribution in [1.29, 1.82) is 10.5 Å². The Morgan fingerprint density at radius 3 is 2.82 bits per heavy atom. The number of nitriles is 2. The van der Waals surface area contributed by atoms with Gasteiger partial charge in [0.25, 0.3) is 0 Å². The van der Waals surface area contributed by atoms with E-state index in [0.29, 0.717) is 16.9 Å². The van der Waals surface area contributed by atoms with Crippen LogP contribution in [-0.2, 0) is 0 Å². The summed E-state index contributed by atoms with van der Waals surface area (Å²) in [5, 5.41) is 21.3. The Hall–Kier alpha value is -2.85. The van der Waals surface area contributed by atoms with Crippen LogP contribution < -0.4 is 0 Å². The monoisotopic (exact) mass is 221 g/mol. The standard InChI is InChI=1S/C13H7N3O/c14-8-11-3-1-2-10(6-11)7-12(9-15)13-4-5-16-17-13/h1-7H/b12-7-. The van der Waals surface area contributed by atoms with Gasteiger partial charge in [-0.3, -0.25) is 0 Å². The normalized spacial score (nSPS) is 10.6. The molecule has 2 rings (SSSR count). The van der Waals surface area contributed by atoms with Crippen LogP contribution in [0.5, 0.6) is 0 Å². The van der Waals surface area contributed by atoms with Crippen LogP contribution in [-0.4, -0.2) is 5.16 Å². The Kier molecular flexibility index (Phi) is 3.00. The maximum absolute atomic E-state index is 9.01. The van der Waals surface area contributed by atoms with Crippen LogP contribution in [0, 0.1) is 22.7 Å². The van der Waals surface area contributed by atoms with Crippen LogP contribution in [0.3, 0.4) is 0 Å². The fourth-order valence-corrected chi connectivity index (χ4v) is 1.38. The molecule has 0 unspecified atom stereocenters. The lowest BCUT2D eigenvalue weighted by Crippen LogP contribution is -1.80. The van der Waals surface area contributed by atoms with Crippen molar-refractivity contribution < 1.29 is 4.52 Å². The van der Waals surface area contributed by atoms with Crippen molar-refractivity contribution in [2.75, 3.05) is 0 Å². The molecule has 0 fully saturated rings. The summed E-state index contributed by atoms with van der Waals surface area (Å²) < 4.78 is 4.91. The summed E-state index contributed by atoms with van der Waals surface area (Å²) >= 11 is 0. The smallest absolute Gasteiger partial charge is 0.177 e. The first-order chi connectivity index (χ1) is 8.33. The zero-order chi connectivity index (χ0) is 12.1. The minimum Gasteiger partial charge on any atom is -0.356 e. The minimum atomic E-state index is 0.373. The topological polar surface area (TPSA) is 73.6 Å². The van der Waals surface area contributed by atoms with E-state index in [1.165, 1.54) is 6.20 Å². The van der Waals surface area contributed by atoms with Gasteiger partial charge in [0.05, 0.1) is 23.4 Å². The van der Waals surface area contributed by atoms with Crippen molar-refractivity contribution in [2.24, 2.45) is 0 Å². The molecule has 0 aliphatic rings. The second-order valence-electron chi connectivity index (χ2n) is 3.28. The van der Waals surface area contributed by atoms with Gasteiger partial charge in [0.1, 0.15) is 6.07 Å². The molecule has 1 aromatic carbocycles. The predicted octanol–water partition coefficient (Wildman–Crippen LogP) is 2.61. The Morgan fingerprint density at radius 1 is 1.29 bits per heavy atom. The van der Waals surface area contributed by atoms with Gasteiger partial charge in [-0.15, -0.1) is 0 Å². The SMILES string of the molecule is N#C/C(=C/c1cccc(C#N)c1)c1ccno1. The molecule has 0 saturated carbocycles. The third-order valence-electron chi connectivity index (χ3n) is 2.15. The van der Waals surface area contributed by atoms with Crippen molar-refractivity contribution in [3.05, 3.63) is 53.4 Å². The molecule has 17 heavy (non-hydrogen) atoms. The molecule has 4 heteroatoms. The molecule has 0 amide bonds. The van der Waals surface area contributed by atoms with Crippen molar-refractivity contribution in [3.63, 3.8) is 0 Å². The highest BCUT2D eigenvalue weighted by Gasteiger charge is 2.04. The van der Waals surface area contributed by atoms with E-state index >= 15 is 0 Å². The maximum atomic E-state index is 9.01. The molecular weight excluding hydrogens is 214 g/mol. The zero-order valence-corrected chi connectivity index (χ0v) is 8.79. The number of hydrogen-bond acceptors (Lipinski definition) is 4. The number of benzene rings is 1. The van der Waals surface area contributed by atoms with Crippen LogP contribution in [0.1, 0.15) is 16.9 Å². The van der Waals surface area contributed by atoms with E-state index in [1.54, 1.807) is 30.3 Å². The van der Waals surface area contributed by atoms with E-state index < -0.39 is 0 Å². The molecule has 0 radical (unpaired) electrons. The highest BCUT2D eigenvalue weighted by molar-refractivity contribution is 5.87. The maximum Gasteiger partial charge on any atom is 0.177 e. The van der Waals surface area contributed by atoms with E-state index in [0.717, 1.165) is 5.56 Å². The summed E-state index contributed by atoms with van der Waals surface area (Å²) in [6, 6.07) is 12.7. The minimum absolute atomic E-state index is 0.373. The van der Waals surface area contributed by atoms with Crippen LogP contribution >= 0.6 is 0 Å². The largest absolute Gasteiger partial charge is 0.356 e. The van der Waals surface area contributed by atoms with E-state index in [1.807, 2.05) is 18.2 Å². The van der Waals surface area contributed by atoms with Gasteiger partial charge in [-0.2, -0.15) is 10.5 Å². The third-order valence-corrected chi connectivity index (χ3v) is 2.15. The van der Waals surface area contributed by atoms with Crippen molar-refractivity contribution in [2.45, 2.75) is 0 Å². The Bertz CT molecular complexity index is 627. The van der Waals surface area contributed by atoms with Crippen LogP contribution in [0.15, 0.2) is 41.1 Å². The summed E-state index contributed by atoms with van der Waals surface area (Å²) in [5.74, 6) is 0.412. The van der Waals surface area contributed by atoms with Gasteiger partial charge in [-0.1, -0.05) is 17.3 Å². The molecule has 0 aliphatic carbocycles. The number of aromatic nitrogens is 1. The lowest BCUT2D eigenvalue weighted by atomic mass is 10.1. The lowest BCUT2D eigenvalue weighted by molar-refractivity contribution is 0.411. The molecule has 2 aromatic rings. The molecule has 0 spiro atoms. The molecule has 4 nitrogen and oxygen atoms in total. The number of rotatable bonds is 2. The number of allylic oxidation sites excluding steroid dienone is 1. The molecule has 1 aromatic heterocycles. The van der Waals surface area contributed by atoms with Gasteiger partial charge < -0.3 is 4.52 Å². The van der Waals surface area contributed by atoms with Gasteiger partial charge in [0.15, 0.2) is 5.76 Å². The highest BCUT2D eigenvalue weighted by atomic mass is 16.5. The molecule has 0 atom stereocenters. The van der Waals surface area contributed by atoms with Crippen molar-refractivity contribution >= 4 is 11.6 Å². The fourth-order valence-electron chi connectivity index (χ4n) is 1.38. The zero-order valence-electron chi connectivity index (χ0n) is 8.79. The molecule has 0 N–H and O–H groups in total. The van der Waals surface area contributed by atoms with E-state index in [2.05, 4.69) is 5.16 Å². The summed E-state index contributed by atoms with van der Waals surface area (Å²) in [6.45, 7) is 0. The molecule has 1 heterocycles. The van der Waals surface area contributed by atoms with Gasteiger partial charge >= 0.3 is 0 Å². The van der Waals surface area contributed by atoms with E-state index in [-0.39, 0.29) is 0 Å². The van der Waals surface area contributed by atoms with Crippen LogP contribution in [0.25, 0.3) is 11.6 Å². The first kappa shape index (κ1) is 10.7. The van der Waals surface area contributed by atoms with Crippen molar-refractivity contribution in [1.82, 2.24) is 5.16 Å². The summed E-state index contributed by atoms with van der Waals surface area (Å²) in [5.41, 5.74) is 1.70. The average molecular weight is 221 g/mol. The highest BCUT2D eigenvalue weighted by Crippen LogP contribution is 2.17. The predicted molar refractivity (Wildman–Crippen MR) is 61.1 cm³/mol. The summed E-state index contributed by atoms with van der Waals surface area (Å²) in [6.07, 6.45) is 3.13. The van der Waals surface area contributed by atoms with Gasteiger partial charge in [0, 0.05) is 6.07 Å². The first-order valence-corrected chi connectivity index (χ1v) is 4.86. The molecule has 0 saturated heterocycles. The lowest BCUT2D eigenvalue weighted by Gasteiger charge is -1.95. The van der Waals surface area contributed by atoms with Gasteiger partial charge in [-0.25, -0.2) is 0 Å². The first-order valence-electron chi connectivity index (χ1n) is 4.86. The average Bonchev–Trinajstić information content (AvgIpc) is 2.90. The van der Waals surface area contributed by atoms with Crippen molar-refractivity contribution in [3.8, 4) is 12.1 Å². The second-order valence-corrected chi connectivity index (χ2v) is 3.28. The third kappa shape index (κ3) is 2.39. The Morgan fingerprint density at radius 2 is 2.18 bits per heavy atom. The molecular formula is C13H7N3O. The fraction of sp³-hybridized carbons (Fsp3) is 0. The Balaban J connectivity index is 2.41. The van der Waals surface area contributed by atoms with Crippen LogP contribution in [0.2, 0.25) is 0 Å². The van der Waals surface area contributed by atoms with Gasteiger partial charge in [0.2, 0.25) is 0 Å². The molecule has 0 aliphatic heterocycles. The Labute approximate surface area is 98.0 Å². The quantitative estimate of drug-likeness (QED) is 0.730. The summed E-state index contributed by atoms with van der Waals surface area (Å²) in [7, 11) is 0. The second kappa shape index (κ2) is 4.78. The molecule has 80 valence electrons.